The van der Waals surface area contributed by atoms with Gasteiger partial charge in [-0.25, -0.2) is 9.37 Å². The summed E-state index contributed by atoms with van der Waals surface area (Å²) in [4.78, 5) is 16.3. The molecule has 0 saturated carbocycles. The number of benzene rings is 1. The molecule has 0 aliphatic heterocycles. The van der Waals surface area contributed by atoms with Crippen molar-refractivity contribution in [1.82, 2.24) is 10.3 Å². The van der Waals surface area contributed by atoms with E-state index in [1.54, 1.807) is 6.92 Å². The number of aromatic nitrogens is 1. The maximum absolute atomic E-state index is 13.5. The van der Waals surface area contributed by atoms with Crippen LogP contribution in [0.25, 0.3) is 0 Å². The van der Waals surface area contributed by atoms with Crippen LogP contribution in [0, 0.1) is 12.7 Å². The van der Waals surface area contributed by atoms with E-state index in [4.69, 9.17) is 11.6 Å². The monoisotopic (exact) mass is 298 g/mol. The van der Waals surface area contributed by atoms with Gasteiger partial charge < -0.3 is 5.32 Å². The quantitative estimate of drug-likeness (QED) is 0.938. The van der Waals surface area contributed by atoms with Crippen LogP contribution in [0.15, 0.2) is 23.6 Å². The first-order valence-corrected chi connectivity index (χ1v) is 6.91. The number of hydrogen-bond donors (Lipinski definition) is 1. The highest BCUT2D eigenvalue weighted by molar-refractivity contribution is 7.09. The number of aryl methyl sites for hydroxylation is 1. The number of amides is 1. The summed E-state index contributed by atoms with van der Waals surface area (Å²) in [5.41, 5.74) is 0.836. The van der Waals surface area contributed by atoms with Crippen molar-refractivity contribution < 1.29 is 9.18 Å². The fourth-order valence-electron chi connectivity index (χ4n) is 1.58. The Morgan fingerprint density at radius 3 is 2.89 bits per heavy atom. The Balaban J connectivity index is 2.15. The Kier molecular flexibility index (Phi) is 4.17. The molecule has 0 aliphatic rings. The number of nitrogens with one attached hydrogen (secondary N) is 1. The van der Waals surface area contributed by atoms with Gasteiger partial charge in [-0.2, -0.15) is 0 Å². The van der Waals surface area contributed by atoms with Crippen molar-refractivity contribution in [1.29, 1.82) is 0 Å². The van der Waals surface area contributed by atoms with Crippen molar-refractivity contribution in [3.63, 3.8) is 0 Å². The van der Waals surface area contributed by atoms with Gasteiger partial charge in [-0.15, -0.1) is 11.3 Å². The second kappa shape index (κ2) is 5.67. The third-order valence-electron chi connectivity index (χ3n) is 2.53. The fourth-order valence-corrected chi connectivity index (χ4v) is 2.55. The minimum Gasteiger partial charge on any atom is -0.343 e. The largest absolute Gasteiger partial charge is 0.343 e. The lowest BCUT2D eigenvalue weighted by atomic mass is 10.2. The predicted octanol–water partition coefficient (Wildman–Crippen LogP) is 3.74. The Morgan fingerprint density at radius 2 is 2.26 bits per heavy atom. The lowest BCUT2D eigenvalue weighted by molar-refractivity contribution is 0.0935. The van der Waals surface area contributed by atoms with E-state index in [-0.39, 0.29) is 11.6 Å². The van der Waals surface area contributed by atoms with Crippen LogP contribution in [0.2, 0.25) is 5.02 Å². The number of halogens is 2. The molecule has 1 amide bonds. The molecular weight excluding hydrogens is 287 g/mol. The first-order chi connectivity index (χ1) is 8.97. The maximum Gasteiger partial charge on any atom is 0.254 e. The van der Waals surface area contributed by atoms with Crippen LogP contribution in [0.1, 0.15) is 34.0 Å². The van der Waals surface area contributed by atoms with Gasteiger partial charge in [0.2, 0.25) is 0 Å². The molecule has 0 bridgehead atoms. The maximum atomic E-state index is 13.5. The van der Waals surface area contributed by atoms with E-state index in [2.05, 4.69) is 10.3 Å². The number of carbonyl (C=O) groups excluding carboxylic acids is 1. The molecule has 1 unspecified atom stereocenters. The van der Waals surface area contributed by atoms with Gasteiger partial charge in [0.05, 0.1) is 11.6 Å². The van der Waals surface area contributed by atoms with Gasteiger partial charge in [0.1, 0.15) is 10.8 Å². The summed E-state index contributed by atoms with van der Waals surface area (Å²) in [5, 5.41) is 5.71. The Hall–Kier alpha value is -1.46. The molecular formula is C13H12ClFN2OS. The van der Waals surface area contributed by atoms with Gasteiger partial charge in [0.15, 0.2) is 0 Å². The van der Waals surface area contributed by atoms with Crippen molar-refractivity contribution >= 4 is 28.8 Å². The van der Waals surface area contributed by atoms with Crippen molar-refractivity contribution in [2.45, 2.75) is 19.9 Å². The molecule has 2 rings (SSSR count). The molecule has 0 radical (unpaired) electrons. The van der Waals surface area contributed by atoms with Crippen LogP contribution in [0.4, 0.5) is 4.39 Å². The molecule has 100 valence electrons. The van der Waals surface area contributed by atoms with Gasteiger partial charge in [0.25, 0.3) is 5.91 Å². The molecule has 2 aromatic rings. The summed E-state index contributed by atoms with van der Waals surface area (Å²) in [6.45, 7) is 3.68. The second-order valence-corrected chi connectivity index (χ2v) is 5.47. The zero-order valence-corrected chi connectivity index (χ0v) is 12.0. The molecule has 1 atom stereocenters. The molecule has 0 fully saturated rings. The summed E-state index contributed by atoms with van der Waals surface area (Å²) in [7, 11) is 0. The third kappa shape index (κ3) is 3.30. The zero-order chi connectivity index (χ0) is 14.0. The summed E-state index contributed by atoms with van der Waals surface area (Å²) in [5.74, 6) is -1.09. The van der Waals surface area contributed by atoms with Crippen molar-refractivity contribution in [3.05, 3.63) is 50.7 Å². The number of thiazole rings is 1. The average molecular weight is 299 g/mol. The molecule has 19 heavy (non-hydrogen) atoms. The Morgan fingerprint density at radius 1 is 1.53 bits per heavy atom. The normalized spacial score (nSPS) is 12.2. The van der Waals surface area contributed by atoms with Crippen LogP contribution in [0.3, 0.4) is 0 Å². The number of nitrogens with zero attached hydrogens (tertiary/aromatic N) is 1. The van der Waals surface area contributed by atoms with E-state index >= 15 is 0 Å². The molecule has 6 heteroatoms. The van der Waals surface area contributed by atoms with E-state index < -0.39 is 11.7 Å². The minimum atomic E-state index is -0.593. The van der Waals surface area contributed by atoms with E-state index in [1.165, 1.54) is 29.5 Å². The van der Waals surface area contributed by atoms with Crippen LogP contribution < -0.4 is 5.32 Å². The number of rotatable bonds is 3. The second-order valence-electron chi connectivity index (χ2n) is 4.15. The van der Waals surface area contributed by atoms with Gasteiger partial charge in [0, 0.05) is 16.1 Å². The minimum absolute atomic E-state index is 0.0624. The Labute approximate surface area is 119 Å². The summed E-state index contributed by atoms with van der Waals surface area (Å²) in [6.07, 6.45) is 0. The van der Waals surface area contributed by atoms with E-state index in [1.807, 2.05) is 12.3 Å². The smallest absolute Gasteiger partial charge is 0.254 e. The molecule has 1 aromatic heterocycles. The summed E-state index contributed by atoms with van der Waals surface area (Å²) >= 11 is 7.22. The van der Waals surface area contributed by atoms with Crippen LogP contribution in [-0.2, 0) is 0 Å². The predicted molar refractivity (Wildman–Crippen MR) is 74.1 cm³/mol. The first kappa shape index (κ1) is 14.0. The molecule has 0 saturated heterocycles. The van der Waals surface area contributed by atoms with Gasteiger partial charge in [-0.05, 0) is 32.0 Å². The van der Waals surface area contributed by atoms with Crippen LogP contribution >= 0.6 is 22.9 Å². The molecule has 1 aromatic carbocycles. The lowest BCUT2D eigenvalue weighted by Crippen LogP contribution is -2.27. The van der Waals surface area contributed by atoms with Crippen molar-refractivity contribution in [2.75, 3.05) is 0 Å². The highest BCUT2D eigenvalue weighted by Gasteiger charge is 2.17. The van der Waals surface area contributed by atoms with Gasteiger partial charge in [-0.3, -0.25) is 4.79 Å². The molecule has 0 spiro atoms. The SMILES string of the molecule is Cc1csc(C(C)NC(=O)c2cc(Cl)ccc2F)n1. The highest BCUT2D eigenvalue weighted by atomic mass is 35.5. The molecule has 1 N–H and O–H groups in total. The average Bonchev–Trinajstić information content (AvgIpc) is 2.79. The number of hydrogen-bond acceptors (Lipinski definition) is 3. The van der Waals surface area contributed by atoms with E-state index in [9.17, 15) is 9.18 Å². The topological polar surface area (TPSA) is 42.0 Å². The van der Waals surface area contributed by atoms with Crippen LogP contribution in [-0.4, -0.2) is 10.9 Å². The fraction of sp³-hybridized carbons (Fsp3) is 0.231. The van der Waals surface area contributed by atoms with Crippen molar-refractivity contribution in [2.24, 2.45) is 0 Å². The first-order valence-electron chi connectivity index (χ1n) is 5.65. The third-order valence-corrected chi connectivity index (χ3v) is 3.91. The molecule has 3 nitrogen and oxygen atoms in total. The standard InChI is InChI=1S/C13H12ClFN2OS/c1-7-6-19-13(16-7)8(2)17-12(18)10-5-9(14)3-4-11(10)15/h3-6,8H,1-2H3,(H,17,18). The van der Waals surface area contributed by atoms with Gasteiger partial charge >= 0.3 is 0 Å². The molecule has 0 aliphatic carbocycles. The van der Waals surface area contributed by atoms with Crippen LogP contribution in [0.5, 0.6) is 0 Å². The van der Waals surface area contributed by atoms with Gasteiger partial charge in [-0.1, -0.05) is 11.6 Å². The van der Waals surface area contributed by atoms with E-state index in [0.717, 1.165) is 10.7 Å². The molecule has 1 heterocycles. The Bertz CT molecular complexity index is 614. The van der Waals surface area contributed by atoms with E-state index in [0.29, 0.717) is 5.02 Å². The highest BCUT2D eigenvalue weighted by Crippen LogP contribution is 2.19. The lowest BCUT2D eigenvalue weighted by Gasteiger charge is -2.11. The number of carbonyl (C=O) groups is 1. The summed E-state index contributed by atoms with van der Waals surface area (Å²) < 4.78 is 13.5. The zero-order valence-electron chi connectivity index (χ0n) is 10.4. The summed E-state index contributed by atoms with van der Waals surface area (Å²) in [6, 6.07) is 3.62. The van der Waals surface area contributed by atoms with Crippen molar-refractivity contribution in [3.8, 4) is 0 Å².